The number of benzene rings is 2. The highest BCUT2D eigenvalue weighted by Crippen LogP contribution is 2.38. The third-order valence-corrected chi connectivity index (χ3v) is 6.03. The highest BCUT2D eigenvalue weighted by molar-refractivity contribution is 6.30. The molecule has 0 amide bonds. The molecule has 0 aliphatic carbocycles. The summed E-state index contributed by atoms with van der Waals surface area (Å²) >= 11 is 6.05. The lowest BCUT2D eigenvalue weighted by Crippen LogP contribution is -2.37. The van der Waals surface area contributed by atoms with Crippen molar-refractivity contribution in [2.45, 2.75) is 25.2 Å². The number of nitrogen functional groups attached to an aromatic ring is 2. The molecule has 1 unspecified atom stereocenters. The zero-order valence-electron chi connectivity index (χ0n) is 17.2. The van der Waals surface area contributed by atoms with Gasteiger partial charge in [-0.2, -0.15) is 28.2 Å². The quantitative estimate of drug-likeness (QED) is 0.455. The topological polar surface area (TPSA) is 98.9 Å². The van der Waals surface area contributed by atoms with Crippen LogP contribution in [0.2, 0.25) is 5.02 Å². The largest absolute Gasteiger partial charge is 0.416 e. The molecule has 1 aliphatic rings. The van der Waals surface area contributed by atoms with Gasteiger partial charge in [-0.25, -0.2) is 4.68 Å². The summed E-state index contributed by atoms with van der Waals surface area (Å²) in [6.07, 6.45) is -2.29. The molecule has 4 N–H and O–H groups in total. The van der Waals surface area contributed by atoms with Crippen LogP contribution in [0.1, 0.15) is 22.7 Å². The fourth-order valence-electron chi connectivity index (χ4n) is 4.38. The molecule has 7 nitrogen and oxygen atoms in total. The predicted molar refractivity (Wildman–Crippen MR) is 121 cm³/mol. The van der Waals surface area contributed by atoms with E-state index in [-0.39, 0.29) is 34.9 Å². The molecule has 5 rings (SSSR count). The first-order valence-electron chi connectivity index (χ1n) is 10.2. The van der Waals surface area contributed by atoms with E-state index >= 15 is 0 Å². The molecule has 11 heteroatoms. The molecule has 170 valence electrons. The smallest absolute Gasteiger partial charge is 0.383 e. The third-order valence-electron chi connectivity index (χ3n) is 5.80. The summed E-state index contributed by atoms with van der Waals surface area (Å²) in [6.45, 7) is 0.433. The van der Waals surface area contributed by atoms with Crippen LogP contribution in [0, 0.1) is 0 Å². The normalized spacial score (nSPS) is 16.2. The van der Waals surface area contributed by atoms with Gasteiger partial charge in [0, 0.05) is 23.8 Å². The number of hydrogen-bond acceptors (Lipinski definition) is 6. The number of fused-ring (bicyclic) bond motifs is 2. The molecular formula is C22H19ClF3N7. The Hall–Kier alpha value is -3.53. The minimum Gasteiger partial charge on any atom is -0.383 e. The van der Waals surface area contributed by atoms with E-state index in [0.29, 0.717) is 24.0 Å². The molecule has 2 aromatic carbocycles. The van der Waals surface area contributed by atoms with Crippen molar-refractivity contribution in [3.63, 3.8) is 0 Å². The van der Waals surface area contributed by atoms with Gasteiger partial charge < -0.3 is 16.4 Å². The molecule has 4 aromatic rings. The van der Waals surface area contributed by atoms with Gasteiger partial charge in [-0.05, 0) is 41.8 Å². The molecule has 0 saturated carbocycles. The van der Waals surface area contributed by atoms with Gasteiger partial charge in [0.15, 0.2) is 5.65 Å². The average Bonchev–Trinajstić information content (AvgIpc) is 3.17. The number of anilines is 3. The Morgan fingerprint density at radius 3 is 2.67 bits per heavy atom. The number of hydrogen-bond donors (Lipinski definition) is 2. The Bertz CT molecular complexity index is 1350. The summed E-state index contributed by atoms with van der Waals surface area (Å²) in [5.41, 5.74) is 13.5. The first kappa shape index (κ1) is 21.3. The maximum atomic E-state index is 13.7. The van der Waals surface area contributed by atoms with Crippen molar-refractivity contribution >= 4 is 40.1 Å². The van der Waals surface area contributed by atoms with Crippen LogP contribution in [0.25, 0.3) is 11.0 Å². The van der Waals surface area contributed by atoms with Crippen LogP contribution in [-0.2, 0) is 19.1 Å². The van der Waals surface area contributed by atoms with E-state index in [1.54, 1.807) is 10.9 Å². The van der Waals surface area contributed by atoms with Gasteiger partial charge >= 0.3 is 6.18 Å². The average molecular weight is 474 g/mol. The number of aromatic nitrogens is 4. The molecule has 1 atom stereocenters. The summed E-state index contributed by atoms with van der Waals surface area (Å²) in [4.78, 5) is 10.2. The van der Waals surface area contributed by atoms with Crippen LogP contribution in [0.4, 0.5) is 30.6 Å². The van der Waals surface area contributed by atoms with E-state index in [0.717, 1.165) is 17.3 Å². The molecule has 1 aliphatic heterocycles. The van der Waals surface area contributed by atoms with Crippen molar-refractivity contribution in [1.29, 1.82) is 0 Å². The Balaban J connectivity index is 1.57. The molecule has 3 heterocycles. The monoisotopic (exact) mass is 473 g/mol. The summed E-state index contributed by atoms with van der Waals surface area (Å²) in [6, 6.07) is 11.1. The second-order valence-corrected chi connectivity index (χ2v) is 8.40. The van der Waals surface area contributed by atoms with Crippen LogP contribution in [0.15, 0.2) is 48.7 Å². The van der Waals surface area contributed by atoms with Crippen LogP contribution in [0.5, 0.6) is 0 Å². The maximum absolute atomic E-state index is 13.7. The second kappa shape index (κ2) is 7.80. The van der Waals surface area contributed by atoms with Gasteiger partial charge in [0.1, 0.15) is 5.82 Å². The van der Waals surface area contributed by atoms with Crippen LogP contribution in [0.3, 0.4) is 0 Å². The Kier molecular flexibility index (Phi) is 5.04. The lowest BCUT2D eigenvalue weighted by atomic mass is 9.96. The first-order valence-corrected chi connectivity index (χ1v) is 10.5. The van der Waals surface area contributed by atoms with Crippen molar-refractivity contribution in [2.24, 2.45) is 0 Å². The Morgan fingerprint density at radius 2 is 1.88 bits per heavy atom. The van der Waals surface area contributed by atoms with E-state index in [2.05, 4.69) is 15.1 Å². The first-order chi connectivity index (χ1) is 15.7. The van der Waals surface area contributed by atoms with Crippen LogP contribution >= 0.6 is 11.6 Å². The van der Waals surface area contributed by atoms with E-state index in [9.17, 15) is 13.2 Å². The van der Waals surface area contributed by atoms with Crippen LogP contribution < -0.4 is 16.4 Å². The minimum absolute atomic E-state index is 0.0291. The highest BCUT2D eigenvalue weighted by atomic mass is 35.5. The number of alkyl halides is 3. The van der Waals surface area contributed by atoms with Crippen molar-refractivity contribution < 1.29 is 13.2 Å². The second-order valence-electron chi connectivity index (χ2n) is 7.96. The number of rotatable bonds is 3. The van der Waals surface area contributed by atoms with Crippen molar-refractivity contribution in [2.75, 3.05) is 22.9 Å². The number of nitrogens with zero attached hydrogens (tertiary/aromatic N) is 5. The minimum atomic E-state index is -4.49. The van der Waals surface area contributed by atoms with Crippen molar-refractivity contribution in [3.8, 4) is 0 Å². The summed E-state index contributed by atoms with van der Waals surface area (Å²) in [7, 11) is 0. The molecule has 0 radical (unpaired) electrons. The standard InChI is InChI=1S/C22H19ClF3N7/c23-14-5-6-17(22(24,25)26)13(7-14)10-32-11-15(8-12-3-1-2-4-18(12)32)33-20-16(9-29-33)19(27)30-21(28)31-20/h1-7,9,15H,8,10-11H2,(H4,27,28,30,31). The van der Waals surface area contributed by atoms with Gasteiger partial charge in [-0.3, -0.25) is 0 Å². The highest BCUT2D eigenvalue weighted by Gasteiger charge is 2.35. The molecule has 2 aromatic heterocycles. The van der Waals surface area contributed by atoms with E-state index in [1.807, 2.05) is 29.2 Å². The maximum Gasteiger partial charge on any atom is 0.416 e. The summed E-state index contributed by atoms with van der Waals surface area (Å²) < 4.78 is 42.7. The molecule has 0 bridgehead atoms. The number of para-hydroxylation sites is 1. The fourth-order valence-corrected chi connectivity index (χ4v) is 4.58. The lowest BCUT2D eigenvalue weighted by molar-refractivity contribution is -0.138. The predicted octanol–water partition coefficient (Wildman–Crippen LogP) is 4.47. The number of nitrogens with two attached hydrogens (primary N) is 2. The summed E-state index contributed by atoms with van der Waals surface area (Å²) in [5, 5.41) is 5.28. The van der Waals surface area contributed by atoms with E-state index in [1.165, 1.54) is 12.1 Å². The Labute approximate surface area is 191 Å². The van der Waals surface area contributed by atoms with Gasteiger partial charge in [-0.1, -0.05) is 29.8 Å². The molecule has 0 spiro atoms. The molecular weight excluding hydrogens is 455 g/mol. The number of halogens is 4. The molecule has 0 saturated heterocycles. The molecule has 0 fully saturated rings. The summed E-state index contributed by atoms with van der Waals surface area (Å²) in [5.74, 6) is 0.258. The third kappa shape index (κ3) is 3.91. The van der Waals surface area contributed by atoms with Gasteiger partial charge in [0.2, 0.25) is 5.95 Å². The zero-order valence-corrected chi connectivity index (χ0v) is 18.0. The fraction of sp³-hybridized carbons (Fsp3) is 0.227. The lowest BCUT2D eigenvalue weighted by Gasteiger charge is -2.37. The Morgan fingerprint density at radius 1 is 1.09 bits per heavy atom. The van der Waals surface area contributed by atoms with Gasteiger partial charge in [-0.15, -0.1) is 0 Å². The van der Waals surface area contributed by atoms with E-state index in [4.69, 9.17) is 23.1 Å². The SMILES string of the molecule is Nc1nc(N)c2cnn(C3Cc4ccccc4N(Cc4cc(Cl)ccc4C(F)(F)F)C3)c2n1. The van der Waals surface area contributed by atoms with Crippen molar-refractivity contribution in [3.05, 3.63) is 70.4 Å². The van der Waals surface area contributed by atoms with E-state index < -0.39 is 11.7 Å². The van der Waals surface area contributed by atoms with Gasteiger partial charge in [0.05, 0.1) is 23.2 Å². The van der Waals surface area contributed by atoms with Crippen molar-refractivity contribution in [1.82, 2.24) is 19.7 Å². The zero-order chi connectivity index (χ0) is 23.3. The van der Waals surface area contributed by atoms with Crippen LogP contribution in [-0.4, -0.2) is 26.3 Å². The van der Waals surface area contributed by atoms with Gasteiger partial charge in [0.25, 0.3) is 0 Å². The molecule has 33 heavy (non-hydrogen) atoms.